The fourth-order valence-corrected chi connectivity index (χ4v) is 4.38. The molecule has 0 radical (unpaired) electrons. The zero-order valence-corrected chi connectivity index (χ0v) is 14.9. The molecule has 0 spiro atoms. The molecule has 0 aliphatic heterocycles. The van der Waals surface area contributed by atoms with Gasteiger partial charge in [-0.25, -0.2) is 4.98 Å². The molecule has 26 heavy (non-hydrogen) atoms. The highest BCUT2D eigenvalue weighted by Gasteiger charge is 2.24. The van der Waals surface area contributed by atoms with Gasteiger partial charge in [-0.05, 0) is 65.3 Å². The number of phenols is 1. The van der Waals surface area contributed by atoms with Crippen LogP contribution in [-0.4, -0.2) is 10.1 Å². The fourth-order valence-electron chi connectivity index (χ4n) is 4.38. The van der Waals surface area contributed by atoms with E-state index in [0.29, 0.717) is 11.7 Å². The predicted octanol–water partition coefficient (Wildman–Crippen LogP) is 5.89. The van der Waals surface area contributed by atoms with Gasteiger partial charge in [-0.15, -0.1) is 0 Å². The Morgan fingerprint density at radius 3 is 2.62 bits per heavy atom. The number of hydrogen-bond acceptors (Lipinski definition) is 2. The quantitative estimate of drug-likeness (QED) is 0.439. The molecule has 0 bridgehead atoms. The molecule has 2 nitrogen and oxygen atoms in total. The van der Waals surface area contributed by atoms with E-state index in [9.17, 15) is 5.11 Å². The predicted molar refractivity (Wildman–Crippen MR) is 108 cm³/mol. The first-order valence-electron chi connectivity index (χ1n) is 9.34. The smallest absolute Gasteiger partial charge is 0.124 e. The highest BCUT2D eigenvalue weighted by molar-refractivity contribution is 6.09. The van der Waals surface area contributed by atoms with Crippen molar-refractivity contribution in [2.75, 3.05) is 0 Å². The summed E-state index contributed by atoms with van der Waals surface area (Å²) in [6.07, 6.45) is 3.26. The normalized spacial score (nSPS) is 16.7. The Morgan fingerprint density at radius 1 is 0.923 bits per heavy atom. The van der Waals surface area contributed by atoms with Crippen LogP contribution in [0, 0.1) is 5.92 Å². The van der Waals surface area contributed by atoms with Gasteiger partial charge in [-0.3, -0.25) is 0 Å². The van der Waals surface area contributed by atoms with Crippen molar-refractivity contribution in [2.45, 2.75) is 26.2 Å². The lowest BCUT2D eigenvalue weighted by Gasteiger charge is -2.26. The summed E-state index contributed by atoms with van der Waals surface area (Å²) in [7, 11) is 0. The molecule has 1 N–H and O–H groups in total. The first kappa shape index (κ1) is 15.4. The van der Waals surface area contributed by atoms with E-state index in [0.717, 1.165) is 29.6 Å². The maximum atomic E-state index is 10.4. The summed E-state index contributed by atoms with van der Waals surface area (Å²) >= 11 is 0. The van der Waals surface area contributed by atoms with Crippen molar-refractivity contribution < 1.29 is 5.11 Å². The number of aromatic hydroxyl groups is 1. The van der Waals surface area contributed by atoms with Crippen LogP contribution in [0.4, 0.5) is 0 Å². The maximum Gasteiger partial charge on any atom is 0.124 e. The summed E-state index contributed by atoms with van der Waals surface area (Å²) in [5, 5.41) is 14.3. The minimum absolute atomic E-state index is 0.306. The lowest BCUT2D eigenvalue weighted by molar-refractivity contribution is 0.476. The molecule has 4 aromatic rings. The van der Waals surface area contributed by atoms with Crippen LogP contribution < -0.4 is 0 Å². The van der Waals surface area contributed by atoms with Crippen LogP contribution in [-0.2, 0) is 12.8 Å². The van der Waals surface area contributed by atoms with Gasteiger partial charge in [0.05, 0.1) is 11.2 Å². The summed E-state index contributed by atoms with van der Waals surface area (Å²) in [6, 6.07) is 20.4. The fraction of sp³-hybridized carbons (Fsp3) is 0.208. The average molecular weight is 339 g/mol. The molecule has 128 valence electrons. The Labute approximate surface area is 153 Å². The van der Waals surface area contributed by atoms with Crippen molar-refractivity contribution in [3.05, 3.63) is 71.8 Å². The summed E-state index contributed by atoms with van der Waals surface area (Å²) in [6.45, 7) is 2.33. The Balaban J connectivity index is 1.92. The van der Waals surface area contributed by atoms with E-state index in [4.69, 9.17) is 4.98 Å². The number of benzene rings is 3. The first-order chi connectivity index (χ1) is 12.7. The van der Waals surface area contributed by atoms with Crippen LogP contribution in [0.15, 0.2) is 60.7 Å². The van der Waals surface area contributed by atoms with Crippen LogP contribution >= 0.6 is 0 Å². The van der Waals surface area contributed by atoms with Gasteiger partial charge in [0.25, 0.3) is 0 Å². The third-order valence-electron chi connectivity index (χ3n) is 5.69. The monoisotopic (exact) mass is 339 g/mol. The molecule has 1 aliphatic rings. The Hall–Kier alpha value is -2.87. The van der Waals surface area contributed by atoms with Gasteiger partial charge < -0.3 is 5.11 Å². The molecular formula is C24H21NO. The molecule has 5 rings (SSSR count). The molecule has 3 aromatic carbocycles. The number of pyridine rings is 1. The van der Waals surface area contributed by atoms with E-state index >= 15 is 0 Å². The highest BCUT2D eigenvalue weighted by Crippen LogP contribution is 2.41. The summed E-state index contributed by atoms with van der Waals surface area (Å²) < 4.78 is 0. The number of phenolic OH excluding ortho intramolecular Hbond substituents is 1. The number of aromatic nitrogens is 1. The van der Waals surface area contributed by atoms with Crippen LogP contribution in [0.3, 0.4) is 0 Å². The number of hydrogen-bond donors (Lipinski definition) is 1. The van der Waals surface area contributed by atoms with E-state index in [2.05, 4.69) is 43.3 Å². The highest BCUT2D eigenvalue weighted by atomic mass is 16.3. The summed E-state index contributed by atoms with van der Waals surface area (Å²) in [5.41, 5.74) is 5.55. The molecule has 0 fully saturated rings. The zero-order valence-electron chi connectivity index (χ0n) is 14.9. The van der Waals surface area contributed by atoms with Gasteiger partial charge in [-0.2, -0.15) is 0 Å². The van der Waals surface area contributed by atoms with Crippen LogP contribution in [0.5, 0.6) is 5.75 Å². The molecule has 0 amide bonds. The summed E-state index contributed by atoms with van der Waals surface area (Å²) in [5.74, 6) is 0.977. The second kappa shape index (κ2) is 5.84. The molecule has 2 heteroatoms. The van der Waals surface area contributed by atoms with E-state index < -0.39 is 0 Å². The van der Waals surface area contributed by atoms with Crippen LogP contribution in [0.25, 0.3) is 32.9 Å². The third-order valence-corrected chi connectivity index (χ3v) is 5.69. The second-order valence-corrected chi connectivity index (χ2v) is 7.46. The topological polar surface area (TPSA) is 33.1 Å². The van der Waals surface area contributed by atoms with Crippen LogP contribution in [0.2, 0.25) is 0 Å². The zero-order chi connectivity index (χ0) is 17.7. The molecule has 1 unspecified atom stereocenters. The van der Waals surface area contributed by atoms with Gasteiger partial charge >= 0.3 is 0 Å². The molecule has 0 saturated carbocycles. The van der Waals surface area contributed by atoms with E-state index in [-0.39, 0.29) is 0 Å². The van der Waals surface area contributed by atoms with E-state index in [1.54, 1.807) is 6.07 Å². The summed E-state index contributed by atoms with van der Waals surface area (Å²) in [4.78, 5) is 5.03. The average Bonchev–Trinajstić information content (AvgIpc) is 2.67. The molecule has 0 saturated heterocycles. The van der Waals surface area contributed by atoms with Crippen molar-refractivity contribution in [3.8, 4) is 17.0 Å². The largest absolute Gasteiger partial charge is 0.507 e. The minimum atomic E-state index is 0.306. The Kier molecular flexibility index (Phi) is 3.46. The Bertz CT molecular complexity index is 1150. The SMILES string of the molecule is CC1CCc2c(-c3ccccc3O)nc3ccc4ccccc4c3c2C1. The number of rotatable bonds is 1. The number of nitrogens with zero attached hydrogens (tertiary/aromatic N) is 1. The minimum Gasteiger partial charge on any atom is -0.507 e. The van der Waals surface area contributed by atoms with Gasteiger partial charge in [0.15, 0.2) is 0 Å². The van der Waals surface area contributed by atoms with Gasteiger partial charge in [0.2, 0.25) is 0 Å². The van der Waals surface area contributed by atoms with E-state index in [1.807, 2.05) is 18.2 Å². The van der Waals surface area contributed by atoms with Gasteiger partial charge in [0.1, 0.15) is 5.75 Å². The Morgan fingerprint density at radius 2 is 1.73 bits per heavy atom. The van der Waals surface area contributed by atoms with E-state index in [1.165, 1.54) is 33.7 Å². The molecular weight excluding hydrogens is 318 g/mol. The van der Waals surface area contributed by atoms with Crippen molar-refractivity contribution in [3.63, 3.8) is 0 Å². The standard InChI is InChI=1S/C24H21NO/c1-15-10-12-18-20(14-15)23-17-7-3-2-6-16(17)11-13-21(23)25-24(18)19-8-4-5-9-22(19)26/h2-9,11,13,15,26H,10,12,14H2,1H3. The van der Waals surface area contributed by atoms with Crippen molar-refractivity contribution in [2.24, 2.45) is 5.92 Å². The van der Waals surface area contributed by atoms with Crippen molar-refractivity contribution >= 4 is 21.7 Å². The molecule has 1 aromatic heterocycles. The van der Waals surface area contributed by atoms with Gasteiger partial charge in [0, 0.05) is 10.9 Å². The molecule has 1 heterocycles. The lowest BCUT2D eigenvalue weighted by atomic mass is 9.80. The molecule has 1 atom stereocenters. The second-order valence-electron chi connectivity index (χ2n) is 7.46. The number of para-hydroxylation sites is 1. The maximum absolute atomic E-state index is 10.4. The number of fused-ring (bicyclic) bond motifs is 5. The lowest BCUT2D eigenvalue weighted by Crippen LogP contribution is -2.14. The van der Waals surface area contributed by atoms with Gasteiger partial charge in [-0.1, -0.05) is 49.4 Å². The first-order valence-corrected chi connectivity index (χ1v) is 9.34. The van der Waals surface area contributed by atoms with Crippen molar-refractivity contribution in [1.29, 1.82) is 0 Å². The third kappa shape index (κ3) is 2.29. The molecule has 1 aliphatic carbocycles. The van der Waals surface area contributed by atoms with Crippen LogP contribution in [0.1, 0.15) is 24.5 Å². The van der Waals surface area contributed by atoms with Crippen molar-refractivity contribution in [1.82, 2.24) is 4.98 Å².